The third kappa shape index (κ3) is 4.08. The molecule has 0 aromatic carbocycles. The van der Waals surface area contributed by atoms with Gasteiger partial charge in [-0.3, -0.25) is 0 Å². The molecule has 0 bridgehead atoms. The molecule has 1 aliphatic rings. The number of rotatable bonds is 5. The SMILES string of the molecule is CC(C)(C)c1ccc(CNCCC2CCOC2)s1. The first-order valence-electron chi connectivity index (χ1n) is 6.93. The van der Waals surface area contributed by atoms with E-state index < -0.39 is 0 Å². The zero-order chi connectivity index (χ0) is 13.0. The largest absolute Gasteiger partial charge is 0.381 e. The molecule has 1 fully saturated rings. The van der Waals surface area contributed by atoms with Crippen LogP contribution in [0.15, 0.2) is 12.1 Å². The minimum atomic E-state index is 0.282. The molecule has 2 rings (SSSR count). The van der Waals surface area contributed by atoms with E-state index >= 15 is 0 Å². The zero-order valence-electron chi connectivity index (χ0n) is 11.8. The molecule has 1 N–H and O–H groups in total. The van der Waals surface area contributed by atoms with Gasteiger partial charge in [-0.1, -0.05) is 20.8 Å². The maximum atomic E-state index is 5.39. The Balaban J connectivity index is 1.68. The summed E-state index contributed by atoms with van der Waals surface area (Å²) in [7, 11) is 0. The molecule has 1 unspecified atom stereocenters. The van der Waals surface area contributed by atoms with Crippen LogP contribution in [0.1, 0.15) is 43.4 Å². The van der Waals surface area contributed by atoms with Gasteiger partial charge in [0.05, 0.1) is 0 Å². The van der Waals surface area contributed by atoms with Crippen molar-refractivity contribution in [2.45, 2.75) is 45.6 Å². The van der Waals surface area contributed by atoms with Crippen molar-refractivity contribution in [3.63, 3.8) is 0 Å². The third-order valence-corrected chi connectivity index (χ3v) is 4.96. The van der Waals surface area contributed by atoms with Crippen LogP contribution in [0.5, 0.6) is 0 Å². The summed E-state index contributed by atoms with van der Waals surface area (Å²) < 4.78 is 5.39. The van der Waals surface area contributed by atoms with E-state index in [-0.39, 0.29) is 5.41 Å². The first-order chi connectivity index (χ1) is 8.55. The highest BCUT2D eigenvalue weighted by molar-refractivity contribution is 7.12. The first-order valence-corrected chi connectivity index (χ1v) is 7.75. The summed E-state index contributed by atoms with van der Waals surface area (Å²) in [6, 6.07) is 4.53. The molecule has 102 valence electrons. The summed E-state index contributed by atoms with van der Waals surface area (Å²) in [4.78, 5) is 2.92. The van der Waals surface area contributed by atoms with Crippen molar-refractivity contribution >= 4 is 11.3 Å². The summed E-state index contributed by atoms with van der Waals surface area (Å²) in [6.45, 7) is 10.9. The summed E-state index contributed by atoms with van der Waals surface area (Å²) >= 11 is 1.94. The second-order valence-corrected chi connectivity index (χ2v) is 7.38. The second kappa shape index (κ2) is 6.18. The molecule has 18 heavy (non-hydrogen) atoms. The van der Waals surface area contributed by atoms with E-state index in [0.29, 0.717) is 0 Å². The highest BCUT2D eigenvalue weighted by atomic mass is 32.1. The van der Waals surface area contributed by atoms with E-state index in [1.807, 2.05) is 11.3 Å². The molecule has 2 nitrogen and oxygen atoms in total. The Labute approximate surface area is 115 Å². The Morgan fingerprint density at radius 3 is 2.83 bits per heavy atom. The van der Waals surface area contributed by atoms with E-state index in [2.05, 4.69) is 38.2 Å². The van der Waals surface area contributed by atoms with Gasteiger partial charge >= 0.3 is 0 Å². The van der Waals surface area contributed by atoms with Crippen molar-refractivity contribution in [1.29, 1.82) is 0 Å². The van der Waals surface area contributed by atoms with E-state index in [4.69, 9.17) is 4.74 Å². The van der Waals surface area contributed by atoms with Crippen molar-refractivity contribution in [3.05, 3.63) is 21.9 Å². The lowest BCUT2D eigenvalue weighted by molar-refractivity contribution is 0.184. The van der Waals surface area contributed by atoms with Gasteiger partial charge in [-0.15, -0.1) is 11.3 Å². The van der Waals surface area contributed by atoms with Crippen LogP contribution < -0.4 is 5.32 Å². The predicted molar refractivity (Wildman–Crippen MR) is 78.3 cm³/mol. The Bertz CT molecular complexity index is 361. The quantitative estimate of drug-likeness (QED) is 0.824. The van der Waals surface area contributed by atoms with Crippen LogP contribution in [0.2, 0.25) is 0 Å². The highest BCUT2D eigenvalue weighted by Gasteiger charge is 2.16. The number of thiophene rings is 1. The Hall–Kier alpha value is -0.380. The fourth-order valence-electron chi connectivity index (χ4n) is 2.20. The molecule has 0 saturated carbocycles. The lowest BCUT2D eigenvalue weighted by Crippen LogP contribution is -2.17. The van der Waals surface area contributed by atoms with E-state index in [0.717, 1.165) is 32.2 Å². The van der Waals surface area contributed by atoms with Gasteiger partial charge in [-0.05, 0) is 42.9 Å². The van der Waals surface area contributed by atoms with Crippen molar-refractivity contribution in [2.24, 2.45) is 5.92 Å². The van der Waals surface area contributed by atoms with Gasteiger partial charge in [-0.25, -0.2) is 0 Å². The van der Waals surface area contributed by atoms with E-state index in [9.17, 15) is 0 Å². The number of hydrogen-bond donors (Lipinski definition) is 1. The fraction of sp³-hybridized carbons (Fsp3) is 0.733. The molecular formula is C15H25NOS. The topological polar surface area (TPSA) is 21.3 Å². The normalized spacial score (nSPS) is 20.5. The number of hydrogen-bond acceptors (Lipinski definition) is 3. The molecule has 1 aromatic rings. The molecule has 1 atom stereocenters. The number of nitrogens with one attached hydrogen (secondary N) is 1. The van der Waals surface area contributed by atoms with Crippen LogP contribution in [0, 0.1) is 5.92 Å². The van der Waals surface area contributed by atoms with Crippen molar-refractivity contribution in [1.82, 2.24) is 5.32 Å². The van der Waals surface area contributed by atoms with E-state index in [1.165, 1.54) is 22.6 Å². The van der Waals surface area contributed by atoms with Crippen LogP contribution in [0.3, 0.4) is 0 Å². The molecule has 1 saturated heterocycles. The molecular weight excluding hydrogens is 242 g/mol. The summed E-state index contributed by atoms with van der Waals surface area (Å²) in [5.41, 5.74) is 0.282. The Kier molecular flexibility index (Phi) is 4.82. The van der Waals surface area contributed by atoms with Crippen LogP contribution in [0.4, 0.5) is 0 Å². The Morgan fingerprint density at radius 2 is 2.22 bits per heavy atom. The van der Waals surface area contributed by atoms with Gasteiger partial charge in [0.2, 0.25) is 0 Å². The average Bonchev–Trinajstić information content (AvgIpc) is 2.95. The minimum Gasteiger partial charge on any atom is -0.381 e. The van der Waals surface area contributed by atoms with Gasteiger partial charge in [-0.2, -0.15) is 0 Å². The van der Waals surface area contributed by atoms with Gasteiger partial charge in [0.1, 0.15) is 0 Å². The third-order valence-electron chi connectivity index (χ3n) is 3.45. The van der Waals surface area contributed by atoms with Crippen molar-refractivity contribution < 1.29 is 4.74 Å². The first kappa shape index (κ1) is 14.0. The molecule has 0 spiro atoms. The highest BCUT2D eigenvalue weighted by Crippen LogP contribution is 2.29. The van der Waals surface area contributed by atoms with Crippen molar-refractivity contribution in [3.8, 4) is 0 Å². The van der Waals surface area contributed by atoms with Gasteiger partial charge < -0.3 is 10.1 Å². The van der Waals surface area contributed by atoms with Gasteiger partial charge in [0.25, 0.3) is 0 Å². The minimum absolute atomic E-state index is 0.282. The van der Waals surface area contributed by atoms with Crippen molar-refractivity contribution in [2.75, 3.05) is 19.8 Å². The second-order valence-electron chi connectivity index (χ2n) is 6.21. The molecule has 0 radical (unpaired) electrons. The van der Waals surface area contributed by atoms with Crippen LogP contribution in [-0.2, 0) is 16.7 Å². The molecule has 3 heteroatoms. The number of ether oxygens (including phenoxy) is 1. The maximum Gasteiger partial charge on any atom is 0.0495 e. The smallest absolute Gasteiger partial charge is 0.0495 e. The Morgan fingerprint density at radius 1 is 1.39 bits per heavy atom. The van der Waals surface area contributed by atoms with Gasteiger partial charge in [0, 0.05) is 29.5 Å². The fourth-order valence-corrected chi connectivity index (χ4v) is 3.24. The molecule has 0 aliphatic carbocycles. The summed E-state index contributed by atoms with van der Waals surface area (Å²) in [5, 5.41) is 3.55. The zero-order valence-corrected chi connectivity index (χ0v) is 12.6. The predicted octanol–water partition coefficient (Wildman–Crippen LogP) is 3.56. The molecule has 2 heterocycles. The maximum absolute atomic E-state index is 5.39. The lowest BCUT2D eigenvalue weighted by Gasteiger charge is -2.15. The van der Waals surface area contributed by atoms with Crippen LogP contribution in [-0.4, -0.2) is 19.8 Å². The van der Waals surface area contributed by atoms with Crippen LogP contribution in [0.25, 0.3) is 0 Å². The molecule has 1 aliphatic heterocycles. The average molecular weight is 267 g/mol. The van der Waals surface area contributed by atoms with Crippen LogP contribution >= 0.6 is 11.3 Å². The summed E-state index contributed by atoms with van der Waals surface area (Å²) in [6.07, 6.45) is 2.49. The lowest BCUT2D eigenvalue weighted by atomic mass is 9.95. The molecule has 1 aromatic heterocycles. The summed E-state index contributed by atoms with van der Waals surface area (Å²) in [5.74, 6) is 0.783. The van der Waals surface area contributed by atoms with Gasteiger partial charge in [0.15, 0.2) is 0 Å². The van der Waals surface area contributed by atoms with E-state index in [1.54, 1.807) is 0 Å². The standard InChI is InChI=1S/C15H25NOS/c1-15(2,3)14-5-4-13(18-14)10-16-8-6-12-7-9-17-11-12/h4-5,12,16H,6-11H2,1-3H3. The molecule has 0 amide bonds. The monoisotopic (exact) mass is 267 g/mol.